The molecule has 3 heterocycles. The first-order valence-electron chi connectivity index (χ1n) is 17.0. The van der Waals surface area contributed by atoms with Crippen molar-refractivity contribution in [3.05, 3.63) is 29.8 Å². The minimum atomic E-state index is -0.840. The van der Waals surface area contributed by atoms with Crippen LogP contribution in [0.2, 0.25) is 0 Å². The maximum Gasteiger partial charge on any atom is 0.238 e. The van der Waals surface area contributed by atoms with Gasteiger partial charge in [-0.05, 0) is 63.5 Å². The Balaban J connectivity index is 1.32. The van der Waals surface area contributed by atoms with E-state index in [4.69, 9.17) is 4.84 Å². The van der Waals surface area contributed by atoms with Crippen LogP contribution in [0, 0.1) is 11.7 Å². The molecule has 1 aromatic carbocycles. The molecule has 11 heteroatoms. The first-order valence-corrected chi connectivity index (χ1v) is 17.0. The van der Waals surface area contributed by atoms with E-state index in [-0.39, 0.29) is 41.9 Å². The number of benzene rings is 1. The van der Waals surface area contributed by atoms with Crippen LogP contribution in [0.15, 0.2) is 18.2 Å². The number of amides is 2. The zero-order chi connectivity index (χ0) is 31.2. The lowest BCUT2D eigenvalue weighted by Crippen LogP contribution is -2.55. The van der Waals surface area contributed by atoms with Crippen molar-refractivity contribution in [1.82, 2.24) is 35.9 Å². The van der Waals surface area contributed by atoms with Gasteiger partial charge in [-0.15, -0.1) is 0 Å². The van der Waals surface area contributed by atoms with Crippen LogP contribution in [0.5, 0.6) is 0 Å². The van der Waals surface area contributed by atoms with Gasteiger partial charge in [-0.1, -0.05) is 58.9 Å². The number of para-hydroxylation sites is 1. The number of imidazole rings is 1. The molecule has 2 aromatic rings. The number of hydrogen-bond donors (Lipinski definition) is 4. The Hall–Kier alpha value is -2.60. The summed E-state index contributed by atoms with van der Waals surface area (Å²) < 4.78 is 14.3. The number of rotatable bonds is 10. The third-order valence-corrected chi connectivity index (χ3v) is 9.61. The highest BCUT2D eigenvalue weighted by atomic mass is 19.1. The van der Waals surface area contributed by atoms with Crippen molar-refractivity contribution < 1.29 is 18.8 Å². The highest BCUT2D eigenvalue weighted by Crippen LogP contribution is 2.29. The van der Waals surface area contributed by atoms with Gasteiger partial charge in [0.15, 0.2) is 12.2 Å². The van der Waals surface area contributed by atoms with E-state index in [0.717, 1.165) is 45.1 Å². The summed E-state index contributed by atoms with van der Waals surface area (Å²) in [4.78, 5) is 43.6. The summed E-state index contributed by atoms with van der Waals surface area (Å²) in [5.41, 5.74) is 0.806. The quantitative estimate of drug-likeness (QED) is 0.290. The number of halogens is 1. The van der Waals surface area contributed by atoms with E-state index in [1.165, 1.54) is 38.2 Å². The molecule has 3 aliphatic rings. The molecule has 3 fully saturated rings. The number of aromatic nitrogens is 2. The summed E-state index contributed by atoms with van der Waals surface area (Å²) in [6.07, 6.45) is 11.7. The second-order valence-corrected chi connectivity index (χ2v) is 13.3. The van der Waals surface area contributed by atoms with Crippen LogP contribution in [-0.2, 0) is 14.4 Å². The monoisotopic (exact) mass is 613 g/mol. The van der Waals surface area contributed by atoms with E-state index in [9.17, 15) is 14.0 Å². The molecule has 1 saturated carbocycles. The third-order valence-electron chi connectivity index (χ3n) is 9.61. The lowest BCUT2D eigenvalue weighted by Gasteiger charge is -2.36. The third kappa shape index (κ3) is 7.78. The van der Waals surface area contributed by atoms with Gasteiger partial charge in [0.2, 0.25) is 11.8 Å². The maximum absolute atomic E-state index is 14.3. The Morgan fingerprint density at radius 3 is 2.50 bits per heavy atom. The number of likely N-dealkylation sites (tertiary alicyclic amines) is 1. The van der Waals surface area contributed by atoms with Crippen LogP contribution in [0.1, 0.15) is 117 Å². The Labute approximate surface area is 261 Å². The molecular formula is C33H52FN7O3. The van der Waals surface area contributed by atoms with Crippen LogP contribution >= 0.6 is 0 Å². The summed E-state index contributed by atoms with van der Waals surface area (Å²) in [7, 11) is 0. The van der Waals surface area contributed by atoms with Gasteiger partial charge in [-0.25, -0.2) is 9.37 Å². The molecule has 0 radical (unpaired) electrons. The molecule has 4 N–H and O–H groups in total. The van der Waals surface area contributed by atoms with E-state index in [0.29, 0.717) is 17.4 Å². The smallest absolute Gasteiger partial charge is 0.238 e. The minimum Gasteiger partial charge on any atom is -0.345 e. The lowest BCUT2D eigenvalue weighted by molar-refractivity contribution is -0.206. The van der Waals surface area contributed by atoms with Gasteiger partial charge in [-0.2, -0.15) is 5.06 Å². The van der Waals surface area contributed by atoms with Crippen molar-refractivity contribution in [1.29, 1.82) is 0 Å². The minimum absolute atomic E-state index is 0.00715. The van der Waals surface area contributed by atoms with Crippen LogP contribution in [-0.4, -0.2) is 68.9 Å². The van der Waals surface area contributed by atoms with Gasteiger partial charge in [0, 0.05) is 18.6 Å². The fourth-order valence-corrected chi connectivity index (χ4v) is 7.07. The zero-order valence-electron chi connectivity index (χ0n) is 26.9. The summed E-state index contributed by atoms with van der Waals surface area (Å²) >= 11 is 0. The molecule has 2 aliphatic heterocycles. The average molecular weight is 614 g/mol. The molecule has 0 spiro atoms. The number of piperidine rings is 1. The molecule has 2 amide bonds. The highest BCUT2D eigenvalue weighted by molar-refractivity contribution is 5.89. The fraction of sp³-hybridized carbons (Fsp3) is 0.727. The molecule has 2 unspecified atom stereocenters. The molecule has 5 atom stereocenters. The number of hydroxylamine groups is 2. The number of hydrogen-bond acceptors (Lipinski definition) is 7. The Bertz CT molecular complexity index is 1250. The van der Waals surface area contributed by atoms with E-state index in [1.807, 2.05) is 4.90 Å². The summed E-state index contributed by atoms with van der Waals surface area (Å²) in [6.45, 7) is 8.98. The van der Waals surface area contributed by atoms with Crippen LogP contribution in [0.3, 0.4) is 0 Å². The van der Waals surface area contributed by atoms with E-state index in [1.54, 1.807) is 19.1 Å². The number of H-pyrrole nitrogens is 1. The fourth-order valence-electron chi connectivity index (χ4n) is 7.07. The van der Waals surface area contributed by atoms with Crippen LogP contribution in [0.25, 0.3) is 11.0 Å². The van der Waals surface area contributed by atoms with Crippen molar-refractivity contribution in [2.75, 3.05) is 6.54 Å². The predicted octanol–water partition coefficient (Wildman–Crippen LogP) is 5.23. The van der Waals surface area contributed by atoms with Crippen LogP contribution < -0.4 is 16.0 Å². The molecule has 2 saturated heterocycles. The summed E-state index contributed by atoms with van der Waals surface area (Å²) in [5, 5.41) is 12.1. The van der Waals surface area contributed by atoms with Gasteiger partial charge in [0.25, 0.3) is 0 Å². The molecule has 0 bridgehead atoms. The number of carbonyl (C=O) groups is 2. The number of aromatic amines is 1. The molecular weight excluding hydrogens is 561 g/mol. The second-order valence-electron chi connectivity index (χ2n) is 13.3. The molecule has 1 aliphatic carbocycles. The molecule has 5 rings (SSSR count). The summed E-state index contributed by atoms with van der Waals surface area (Å²) in [5.74, 6) is -0.0335. The van der Waals surface area contributed by atoms with Crippen molar-refractivity contribution in [3.8, 4) is 0 Å². The van der Waals surface area contributed by atoms with Gasteiger partial charge in [0.1, 0.15) is 11.3 Å². The SMILES string of the molecule is CC[C@H]1CCCCN1C(=O)C[C@H](NC1NC(C(C)C)N(C2CCCCCCC2)O1)C(=O)N[C@@H](C)c1nc2c(F)cccc2[nH]1. The first-order chi connectivity index (χ1) is 21.2. The zero-order valence-corrected chi connectivity index (χ0v) is 26.9. The molecule has 44 heavy (non-hydrogen) atoms. The molecule has 1 aromatic heterocycles. The standard InChI is InChI=1S/C33H52FN7O3/c1-5-23-14-11-12-19-40(23)28(42)20-27(32(43)35-22(4)30-36-26-18-13-17-25(34)29(26)38-30)37-33-39-31(21(2)3)41(44-33)24-15-9-7-6-8-10-16-24/h13,17-18,21-24,27,31,33,37,39H,5-12,14-16,19-20H2,1-4H3,(H,35,43)(H,36,38)/t22-,23-,27-,31?,33?/m0/s1. The highest BCUT2D eigenvalue weighted by Gasteiger charge is 2.41. The number of fused-ring (bicyclic) bond motifs is 1. The maximum atomic E-state index is 14.3. The van der Waals surface area contributed by atoms with Gasteiger partial charge in [0.05, 0.1) is 30.2 Å². The average Bonchev–Trinajstić information content (AvgIpc) is 3.62. The first kappa shape index (κ1) is 32.8. The Morgan fingerprint density at radius 1 is 1.07 bits per heavy atom. The second kappa shape index (κ2) is 15.1. The number of nitrogens with zero attached hydrogens (tertiary/aromatic N) is 3. The summed E-state index contributed by atoms with van der Waals surface area (Å²) in [6, 6.07) is 3.88. The normalized spacial score (nSPS) is 25.6. The van der Waals surface area contributed by atoms with E-state index in [2.05, 4.69) is 51.8 Å². The molecule has 244 valence electrons. The number of nitrogens with one attached hydrogen (secondary N) is 4. The van der Waals surface area contributed by atoms with Crippen molar-refractivity contribution in [2.45, 2.75) is 141 Å². The van der Waals surface area contributed by atoms with Crippen molar-refractivity contribution >= 4 is 22.8 Å². The lowest BCUT2D eigenvalue weighted by atomic mass is 9.95. The van der Waals surface area contributed by atoms with Crippen molar-refractivity contribution in [2.24, 2.45) is 5.92 Å². The largest absolute Gasteiger partial charge is 0.345 e. The Kier molecular flexibility index (Phi) is 11.3. The predicted molar refractivity (Wildman–Crippen MR) is 168 cm³/mol. The van der Waals surface area contributed by atoms with Crippen LogP contribution in [0.4, 0.5) is 4.39 Å². The van der Waals surface area contributed by atoms with Gasteiger partial charge in [-0.3, -0.25) is 25.1 Å². The molecule has 10 nitrogen and oxygen atoms in total. The van der Waals surface area contributed by atoms with E-state index >= 15 is 0 Å². The van der Waals surface area contributed by atoms with Crippen molar-refractivity contribution in [3.63, 3.8) is 0 Å². The van der Waals surface area contributed by atoms with E-state index < -0.39 is 24.3 Å². The van der Waals surface area contributed by atoms with Gasteiger partial charge < -0.3 is 15.2 Å². The Morgan fingerprint density at radius 2 is 1.80 bits per heavy atom. The van der Waals surface area contributed by atoms with Gasteiger partial charge >= 0.3 is 0 Å². The number of carbonyl (C=O) groups excluding carboxylic acids is 2. The topological polar surface area (TPSA) is 115 Å².